The van der Waals surface area contributed by atoms with E-state index in [9.17, 15) is 19.8 Å². The van der Waals surface area contributed by atoms with Crippen molar-refractivity contribution in [2.45, 2.75) is 108 Å². The van der Waals surface area contributed by atoms with Gasteiger partial charge in [0.25, 0.3) is 0 Å². The number of nitrogens with one attached hydrogen (secondary N) is 2. The fourth-order valence-electron chi connectivity index (χ4n) is 9.18. The van der Waals surface area contributed by atoms with Crippen LogP contribution in [0, 0.1) is 0 Å². The number of aromatic amines is 1. The number of aryl methyl sites for hydroxylation is 2. The Labute approximate surface area is 382 Å². The van der Waals surface area contributed by atoms with E-state index in [1.54, 1.807) is 18.2 Å². The fraction of sp³-hybridized carbons (Fsp3) is 0.429. The summed E-state index contributed by atoms with van der Waals surface area (Å²) in [5.74, 6) is -0.566. The first kappa shape index (κ1) is 44.5. The quantitative estimate of drug-likeness (QED) is 0.0579. The number of carbonyl (C=O) groups is 1. The molecule has 1 unspecified atom stereocenters. The van der Waals surface area contributed by atoms with Crippen molar-refractivity contribution in [3.63, 3.8) is 0 Å². The van der Waals surface area contributed by atoms with Gasteiger partial charge in [0, 0.05) is 48.9 Å². The minimum atomic E-state index is -2.23. The van der Waals surface area contributed by atoms with Gasteiger partial charge < -0.3 is 34.6 Å². The van der Waals surface area contributed by atoms with Crippen LogP contribution < -0.4 is 10.9 Å². The van der Waals surface area contributed by atoms with Gasteiger partial charge in [-0.05, 0) is 133 Å². The molecule has 0 saturated carbocycles. The van der Waals surface area contributed by atoms with Crippen LogP contribution in [-0.4, -0.2) is 81.7 Å². The number of phenolic OH excluding ortho intramolecular Hbond substituents is 1. The number of H-pyrrole nitrogens is 1. The SMILES string of the molecule is CC(C)(C)[Si](C)(C)OC(CNCc1cc2nnn(CCCN3CCC(OC(=O)[C@@](O)(c4cccs4)c4cc5ccccc5s4)CC3)c2c2c1CCC2)c1ccc(O)c2[nH]c(=O)ccc12. The first-order chi connectivity index (χ1) is 30.7. The number of aliphatic hydroxyl groups is 1. The van der Waals surface area contributed by atoms with Crippen molar-refractivity contribution >= 4 is 69.0 Å². The molecule has 9 rings (SSSR count). The van der Waals surface area contributed by atoms with Crippen LogP contribution in [0.3, 0.4) is 0 Å². The average molecular weight is 919 g/mol. The second-order valence-corrected chi connectivity index (χ2v) is 25.7. The number of carbonyl (C=O) groups excluding carboxylic acids is 1. The lowest BCUT2D eigenvalue weighted by Gasteiger charge is -2.39. The monoisotopic (exact) mass is 918 g/mol. The van der Waals surface area contributed by atoms with E-state index in [2.05, 4.69) is 70.1 Å². The molecule has 336 valence electrons. The third-order valence-corrected chi connectivity index (χ3v) is 20.4. The Hall–Kier alpha value is -4.74. The van der Waals surface area contributed by atoms with E-state index in [0.717, 1.165) is 83.9 Å². The van der Waals surface area contributed by atoms with Crippen molar-refractivity contribution < 1.29 is 24.2 Å². The molecule has 7 aromatic rings. The summed E-state index contributed by atoms with van der Waals surface area (Å²) in [6.07, 6.45) is 4.89. The highest BCUT2D eigenvalue weighted by molar-refractivity contribution is 7.19. The van der Waals surface area contributed by atoms with E-state index in [-0.39, 0.29) is 28.6 Å². The standard InChI is InChI=1S/C49H58N6O6S2Si/c1-48(2,3)64(4,5)61-40(35-16-18-39(56)45-36(35)17-19-44(57)51-45)30-50-29-32-27-38-46(37-13-8-12-34(32)37)55(53-52-38)23-10-22-54-24-20-33(21-25-54)60-47(58)49(59,42-15-9-26-62-42)43-28-31-11-6-7-14-41(31)63-43/h6-7,9,11,14-19,26-28,33,40,50,56,59H,8,10,12-13,20-25,29-30H2,1-5H3,(H,51,57)/t40?,49-/m1/s1. The number of rotatable bonds is 15. The zero-order valence-electron chi connectivity index (χ0n) is 37.3. The smallest absolute Gasteiger partial charge is 0.349 e. The van der Waals surface area contributed by atoms with E-state index in [4.69, 9.17) is 9.16 Å². The lowest BCUT2D eigenvalue weighted by Crippen LogP contribution is -2.43. The minimum Gasteiger partial charge on any atom is -0.506 e. The number of hydrogen-bond acceptors (Lipinski definition) is 12. The molecule has 3 aromatic carbocycles. The van der Waals surface area contributed by atoms with Crippen molar-refractivity contribution in [2.75, 3.05) is 26.2 Å². The van der Waals surface area contributed by atoms with Crippen LogP contribution in [0.15, 0.2) is 83.0 Å². The number of fused-ring (bicyclic) bond motifs is 5. The van der Waals surface area contributed by atoms with Crippen LogP contribution in [0.25, 0.3) is 32.0 Å². The average Bonchev–Trinajstić information content (AvgIpc) is 4.11. The molecular weight excluding hydrogens is 861 g/mol. The van der Waals surface area contributed by atoms with Crippen molar-refractivity contribution in [1.29, 1.82) is 0 Å². The highest BCUT2D eigenvalue weighted by atomic mass is 32.1. The molecule has 0 bridgehead atoms. The molecule has 4 N–H and O–H groups in total. The summed E-state index contributed by atoms with van der Waals surface area (Å²) in [7, 11) is -2.23. The molecule has 0 amide bonds. The van der Waals surface area contributed by atoms with E-state index in [1.165, 1.54) is 45.4 Å². The second kappa shape index (κ2) is 17.9. The Kier molecular flexibility index (Phi) is 12.4. The molecule has 4 aromatic heterocycles. The molecule has 1 aliphatic heterocycles. The Morgan fingerprint density at radius 1 is 1.00 bits per heavy atom. The predicted molar refractivity (Wildman–Crippen MR) is 258 cm³/mol. The lowest BCUT2D eigenvalue weighted by atomic mass is 9.98. The second-order valence-electron chi connectivity index (χ2n) is 18.9. The van der Waals surface area contributed by atoms with Gasteiger partial charge in [0.05, 0.1) is 26.9 Å². The van der Waals surface area contributed by atoms with Crippen LogP contribution in [0.4, 0.5) is 0 Å². The zero-order valence-corrected chi connectivity index (χ0v) is 39.9. The number of esters is 1. The number of nitrogens with zero attached hydrogens (tertiary/aromatic N) is 4. The maximum atomic E-state index is 13.9. The third kappa shape index (κ3) is 8.71. The first-order valence-corrected chi connectivity index (χ1v) is 27.1. The predicted octanol–water partition coefficient (Wildman–Crippen LogP) is 8.93. The molecule has 1 saturated heterocycles. The minimum absolute atomic E-state index is 0.0156. The topological polar surface area (TPSA) is 155 Å². The van der Waals surface area contributed by atoms with E-state index < -0.39 is 19.9 Å². The Balaban J connectivity index is 0.827. The Morgan fingerprint density at radius 2 is 1.80 bits per heavy atom. The summed E-state index contributed by atoms with van der Waals surface area (Å²) in [5.41, 5.74) is 5.28. The van der Waals surface area contributed by atoms with E-state index >= 15 is 0 Å². The van der Waals surface area contributed by atoms with Gasteiger partial charge in [0.15, 0.2) is 8.32 Å². The van der Waals surface area contributed by atoms with Gasteiger partial charge >= 0.3 is 5.97 Å². The van der Waals surface area contributed by atoms with Crippen LogP contribution in [0.5, 0.6) is 5.75 Å². The zero-order chi connectivity index (χ0) is 44.8. The molecule has 15 heteroatoms. The molecule has 2 atom stereocenters. The van der Waals surface area contributed by atoms with Gasteiger partial charge in [-0.2, -0.15) is 0 Å². The summed E-state index contributed by atoms with van der Waals surface area (Å²) in [5, 5.41) is 39.4. The molecular formula is C49H58N6O6S2Si. The van der Waals surface area contributed by atoms with Crippen LogP contribution in [0.2, 0.25) is 18.1 Å². The van der Waals surface area contributed by atoms with Gasteiger partial charge in [-0.3, -0.25) is 4.79 Å². The van der Waals surface area contributed by atoms with Gasteiger partial charge in [0.1, 0.15) is 17.4 Å². The number of benzene rings is 3. The maximum Gasteiger partial charge on any atom is 0.349 e. The van der Waals surface area contributed by atoms with Gasteiger partial charge in [-0.1, -0.05) is 56.3 Å². The molecule has 1 fully saturated rings. The number of ether oxygens (including phenoxy) is 1. The summed E-state index contributed by atoms with van der Waals surface area (Å²) < 4.78 is 16.3. The molecule has 0 radical (unpaired) electrons. The van der Waals surface area contributed by atoms with E-state index in [0.29, 0.717) is 41.2 Å². The van der Waals surface area contributed by atoms with Crippen molar-refractivity contribution in [1.82, 2.24) is 30.2 Å². The Bertz CT molecular complexity index is 2830. The summed E-state index contributed by atoms with van der Waals surface area (Å²) in [6.45, 7) is 15.7. The van der Waals surface area contributed by atoms with Gasteiger partial charge in [0.2, 0.25) is 11.2 Å². The lowest BCUT2D eigenvalue weighted by molar-refractivity contribution is -0.169. The third-order valence-electron chi connectivity index (χ3n) is 13.7. The van der Waals surface area contributed by atoms with Crippen LogP contribution >= 0.6 is 22.7 Å². The summed E-state index contributed by atoms with van der Waals surface area (Å²) in [6, 6.07) is 22.5. The molecule has 2 aliphatic rings. The number of pyridine rings is 1. The molecule has 0 spiro atoms. The normalized spacial score (nSPS) is 16.7. The maximum absolute atomic E-state index is 13.9. The fourth-order valence-corrected chi connectivity index (χ4v) is 12.5. The number of likely N-dealkylation sites (tertiary alicyclic amines) is 1. The van der Waals surface area contributed by atoms with Crippen molar-refractivity contribution in [3.05, 3.63) is 121 Å². The summed E-state index contributed by atoms with van der Waals surface area (Å²) in [4.78, 5) is 32.5. The molecule has 12 nitrogen and oxygen atoms in total. The number of phenols is 1. The highest BCUT2D eigenvalue weighted by Crippen LogP contribution is 2.43. The summed E-state index contributed by atoms with van der Waals surface area (Å²) >= 11 is 2.79. The Morgan fingerprint density at radius 3 is 2.56 bits per heavy atom. The van der Waals surface area contributed by atoms with E-state index in [1.807, 2.05) is 47.8 Å². The number of piperidine rings is 1. The number of hydrogen-bond donors (Lipinski definition) is 4. The number of thiophene rings is 2. The molecule has 64 heavy (non-hydrogen) atoms. The van der Waals surface area contributed by atoms with Crippen LogP contribution in [0.1, 0.15) is 84.6 Å². The molecule has 1 aliphatic carbocycles. The largest absolute Gasteiger partial charge is 0.506 e. The molecule has 5 heterocycles. The van der Waals surface area contributed by atoms with Gasteiger partial charge in [-0.25, -0.2) is 9.48 Å². The van der Waals surface area contributed by atoms with Crippen molar-refractivity contribution in [2.24, 2.45) is 0 Å². The van der Waals surface area contributed by atoms with Crippen molar-refractivity contribution in [3.8, 4) is 5.75 Å². The van der Waals surface area contributed by atoms with Crippen LogP contribution in [-0.2, 0) is 45.5 Å². The number of aromatic nitrogens is 4. The highest BCUT2D eigenvalue weighted by Gasteiger charge is 2.45. The first-order valence-electron chi connectivity index (χ1n) is 22.5. The van der Waals surface area contributed by atoms with Gasteiger partial charge in [-0.15, -0.1) is 27.8 Å². The number of aromatic hydroxyl groups is 1.